The number of hydrogen-bond donors (Lipinski definition) is 3. The van der Waals surface area contributed by atoms with Crippen LogP contribution in [0.4, 0.5) is 0 Å². The van der Waals surface area contributed by atoms with Crippen molar-refractivity contribution in [2.24, 2.45) is 0 Å². The minimum absolute atomic E-state index is 0.00848. The number of nitrogens with zero attached hydrogens (tertiary/aromatic N) is 1. The van der Waals surface area contributed by atoms with Crippen molar-refractivity contribution >= 4 is 16.9 Å². The van der Waals surface area contributed by atoms with E-state index in [1.807, 2.05) is 68.4 Å². The molecule has 0 bridgehead atoms. The molecule has 7 heteroatoms. The normalized spacial score (nSPS) is 12.9. The van der Waals surface area contributed by atoms with Gasteiger partial charge in [-0.15, -0.1) is 0 Å². The van der Waals surface area contributed by atoms with Crippen molar-refractivity contribution in [3.8, 4) is 0 Å². The lowest BCUT2D eigenvalue weighted by Crippen LogP contribution is -2.31. The second-order valence-electron chi connectivity index (χ2n) is 10.3. The van der Waals surface area contributed by atoms with Gasteiger partial charge in [0.15, 0.2) is 0 Å². The molecule has 5 aromatic rings. The Kier molecular flexibility index (Phi) is 8.14. The molecule has 2 atom stereocenters. The quantitative estimate of drug-likeness (QED) is 0.209. The fourth-order valence-corrected chi connectivity index (χ4v) is 5.35. The molecule has 0 saturated heterocycles. The fraction of sp³-hybridized carbons (Fsp3) is 0.273. The number of carbonyl (C=O) groups excluding carboxylic acids is 1. The van der Waals surface area contributed by atoms with Gasteiger partial charge in [-0.1, -0.05) is 65.3 Å². The Balaban J connectivity index is 1.39. The van der Waals surface area contributed by atoms with Crippen molar-refractivity contribution in [1.29, 1.82) is 0 Å². The van der Waals surface area contributed by atoms with Crippen LogP contribution in [0.15, 0.2) is 81.7 Å². The fourth-order valence-electron chi connectivity index (χ4n) is 5.35. The van der Waals surface area contributed by atoms with Gasteiger partial charge in [0.1, 0.15) is 17.1 Å². The van der Waals surface area contributed by atoms with Crippen LogP contribution in [0.1, 0.15) is 62.7 Å². The molecule has 2 aromatic heterocycles. The highest BCUT2D eigenvalue weighted by Gasteiger charge is 2.25. The lowest BCUT2D eigenvalue weighted by atomic mass is 9.93. The molecule has 2 heterocycles. The number of amides is 1. The molecule has 2 unspecified atom stereocenters. The number of aliphatic hydroxyl groups is 1. The summed E-state index contributed by atoms with van der Waals surface area (Å²) in [6, 6.07) is 23.6. The van der Waals surface area contributed by atoms with Crippen LogP contribution < -0.4 is 10.6 Å². The Morgan fingerprint density at radius 1 is 0.950 bits per heavy atom. The number of rotatable bonds is 10. The van der Waals surface area contributed by atoms with Gasteiger partial charge in [-0.25, -0.2) is 0 Å². The van der Waals surface area contributed by atoms with Crippen molar-refractivity contribution in [3.63, 3.8) is 0 Å². The zero-order valence-electron chi connectivity index (χ0n) is 23.3. The molecule has 0 fully saturated rings. The molecule has 5 rings (SSSR count). The zero-order valence-corrected chi connectivity index (χ0v) is 23.3. The van der Waals surface area contributed by atoms with Crippen molar-refractivity contribution in [1.82, 2.24) is 15.8 Å². The summed E-state index contributed by atoms with van der Waals surface area (Å²) in [5.41, 5.74) is 7.73. The van der Waals surface area contributed by atoms with E-state index in [1.54, 1.807) is 0 Å². The van der Waals surface area contributed by atoms with Crippen LogP contribution >= 0.6 is 0 Å². The summed E-state index contributed by atoms with van der Waals surface area (Å²) in [6.45, 7) is 8.29. The first-order valence-electron chi connectivity index (χ1n) is 13.5. The number of nitrogens with one attached hydrogen (secondary N) is 2. The van der Waals surface area contributed by atoms with E-state index >= 15 is 0 Å². The number of hydrogen-bond acceptors (Lipinski definition) is 6. The number of benzene rings is 3. The van der Waals surface area contributed by atoms with Gasteiger partial charge in [-0.3, -0.25) is 4.79 Å². The molecule has 0 radical (unpaired) electrons. The zero-order chi connectivity index (χ0) is 28.2. The predicted molar refractivity (Wildman–Crippen MR) is 155 cm³/mol. The van der Waals surface area contributed by atoms with Gasteiger partial charge in [0, 0.05) is 17.5 Å². The molecule has 0 aliphatic rings. The molecule has 206 valence electrons. The highest BCUT2D eigenvalue weighted by Crippen LogP contribution is 2.32. The Morgan fingerprint density at radius 2 is 1.75 bits per heavy atom. The summed E-state index contributed by atoms with van der Waals surface area (Å²) in [5, 5.41) is 21.0. The minimum Gasteiger partial charge on any atom is -0.459 e. The molecule has 3 N–H and O–H groups in total. The smallest absolute Gasteiger partial charge is 0.225 e. The van der Waals surface area contributed by atoms with E-state index in [9.17, 15) is 9.90 Å². The first kappa shape index (κ1) is 27.4. The predicted octanol–water partition coefficient (Wildman–Crippen LogP) is 5.77. The van der Waals surface area contributed by atoms with Gasteiger partial charge in [0.2, 0.25) is 5.91 Å². The molecule has 1 amide bonds. The second-order valence-corrected chi connectivity index (χ2v) is 10.3. The highest BCUT2D eigenvalue weighted by molar-refractivity contribution is 5.83. The van der Waals surface area contributed by atoms with Gasteiger partial charge in [0.25, 0.3) is 0 Å². The molecule has 3 aromatic carbocycles. The van der Waals surface area contributed by atoms with Crippen molar-refractivity contribution in [3.05, 3.63) is 123 Å². The van der Waals surface area contributed by atoms with E-state index in [-0.39, 0.29) is 31.0 Å². The largest absolute Gasteiger partial charge is 0.459 e. The summed E-state index contributed by atoms with van der Waals surface area (Å²) >= 11 is 0. The van der Waals surface area contributed by atoms with E-state index < -0.39 is 0 Å². The average Bonchev–Trinajstić information content (AvgIpc) is 3.51. The van der Waals surface area contributed by atoms with Gasteiger partial charge >= 0.3 is 0 Å². The third kappa shape index (κ3) is 5.86. The lowest BCUT2D eigenvalue weighted by Gasteiger charge is -2.22. The molecule has 0 spiro atoms. The highest BCUT2D eigenvalue weighted by atomic mass is 16.5. The van der Waals surface area contributed by atoms with Crippen LogP contribution in [0.5, 0.6) is 0 Å². The van der Waals surface area contributed by atoms with Gasteiger partial charge in [0.05, 0.1) is 30.8 Å². The molecule has 0 aliphatic carbocycles. The Morgan fingerprint density at radius 3 is 2.45 bits per heavy atom. The summed E-state index contributed by atoms with van der Waals surface area (Å²) in [6.07, 6.45) is 0.237. The van der Waals surface area contributed by atoms with Crippen LogP contribution in [-0.2, 0) is 11.2 Å². The maximum Gasteiger partial charge on any atom is 0.225 e. The van der Waals surface area contributed by atoms with Gasteiger partial charge in [-0.2, -0.15) is 0 Å². The minimum atomic E-state index is -0.318. The third-order valence-corrected chi connectivity index (χ3v) is 7.26. The molecule has 0 saturated carbocycles. The Hall–Kier alpha value is -4.20. The van der Waals surface area contributed by atoms with Crippen LogP contribution in [-0.4, -0.2) is 29.3 Å². The molecule has 40 heavy (non-hydrogen) atoms. The van der Waals surface area contributed by atoms with Crippen molar-refractivity contribution in [2.75, 3.05) is 13.2 Å². The maximum atomic E-state index is 13.4. The summed E-state index contributed by atoms with van der Waals surface area (Å²) in [4.78, 5) is 13.4. The van der Waals surface area contributed by atoms with Crippen molar-refractivity contribution < 1.29 is 18.8 Å². The summed E-state index contributed by atoms with van der Waals surface area (Å²) < 4.78 is 11.6. The van der Waals surface area contributed by atoms with E-state index in [0.29, 0.717) is 18.1 Å². The van der Waals surface area contributed by atoms with Crippen LogP contribution in [0.2, 0.25) is 0 Å². The standard InChI is InChI=1S/C33H35N3O4/c1-20-10-12-27(21(2)16-20)32(25-8-6-5-7-9-25)35-30(38)18-24-11-13-28-26(17-24)19-29(39-28)33(34-14-15-37)31-22(3)36-40-23(31)4/h5-13,16-17,19,32-34,37H,14-15,18H2,1-4H3,(H,35,38). The first-order chi connectivity index (χ1) is 19.3. The average molecular weight is 538 g/mol. The van der Waals surface area contributed by atoms with E-state index in [2.05, 4.69) is 47.8 Å². The maximum absolute atomic E-state index is 13.4. The number of aromatic nitrogens is 1. The van der Waals surface area contributed by atoms with E-state index in [0.717, 1.165) is 44.5 Å². The second kappa shape index (κ2) is 11.9. The monoisotopic (exact) mass is 537 g/mol. The van der Waals surface area contributed by atoms with Gasteiger partial charge < -0.3 is 24.7 Å². The summed E-state index contributed by atoms with van der Waals surface area (Å²) in [5.74, 6) is 1.33. The van der Waals surface area contributed by atoms with Crippen LogP contribution in [0.3, 0.4) is 0 Å². The topological polar surface area (TPSA) is 101 Å². The summed E-state index contributed by atoms with van der Waals surface area (Å²) in [7, 11) is 0. The third-order valence-electron chi connectivity index (χ3n) is 7.26. The van der Waals surface area contributed by atoms with Crippen molar-refractivity contribution in [2.45, 2.75) is 46.2 Å². The molecular weight excluding hydrogens is 502 g/mol. The lowest BCUT2D eigenvalue weighted by molar-refractivity contribution is -0.120. The number of furan rings is 1. The van der Waals surface area contributed by atoms with Crippen LogP contribution in [0.25, 0.3) is 11.0 Å². The number of aryl methyl sites for hydroxylation is 4. The van der Waals surface area contributed by atoms with Gasteiger partial charge in [-0.05, 0) is 68.1 Å². The van der Waals surface area contributed by atoms with E-state index in [4.69, 9.17) is 8.94 Å². The molecular formula is C33H35N3O4. The first-order valence-corrected chi connectivity index (χ1v) is 13.5. The number of aliphatic hydroxyl groups excluding tert-OH is 1. The Bertz CT molecular complexity index is 1600. The number of carbonyl (C=O) groups is 1. The molecule has 0 aliphatic heterocycles. The SMILES string of the molecule is Cc1ccc(C(NC(=O)Cc2ccc3oc(C(NCCO)c4c(C)noc4C)cc3c2)c2ccccc2)c(C)c1. The Labute approximate surface area is 234 Å². The molecule has 7 nitrogen and oxygen atoms in total. The van der Waals surface area contributed by atoms with Crippen LogP contribution in [0, 0.1) is 27.7 Å². The number of fused-ring (bicyclic) bond motifs is 1. The van der Waals surface area contributed by atoms with E-state index in [1.165, 1.54) is 5.56 Å².